The molecule has 1 saturated heterocycles. The Kier molecular flexibility index (Phi) is 4.53. The second-order valence-corrected chi connectivity index (χ2v) is 7.23. The van der Waals surface area contributed by atoms with Gasteiger partial charge in [0, 0.05) is 41.2 Å². The summed E-state index contributed by atoms with van der Waals surface area (Å²) in [5.41, 5.74) is 1.03. The summed E-state index contributed by atoms with van der Waals surface area (Å²) in [6, 6.07) is 6.98. The van der Waals surface area contributed by atoms with E-state index < -0.39 is 5.82 Å². The van der Waals surface area contributed by atoms with Crippen LogP contribution in [0.4, 0.5) is 10.2 Å². The molecule has 2 N–H and O–H groups in total. The fourth-order valence-corrected chi connectivity index (χ4v) is 3.38. The van der Waals surface area contributed by atoms with E-state index in [0.29, 0.717) is 11.3 Å². The Balaban J connectivity index is 0.00000150. The number of fused-ring (bicyclic) bond motifs is 1. The van der Waals surface area contributed by atoms with Gasteiger partial charge in [0.2, 0.25) is 0 Å². The predicted octanol–water partition coefficient (Wildman–Crippen LogP) is 2.85. The molecule has 146 valence electrons. The maximum atomic E-state index is 14.6. The Labute approximate surface area is 159 Å². The SMILES string of the molecule is COC(C)(C)C1CN(c2ccc(F)c(-c3[nH]nc4ncccc34)n2)CCN1.[HH].[HH]. The Hall–Kier alpha value is -2.58. The van der Waals surface area contributed by atoms with Crippen LogP contribution in [0.25, 0.3) is 22.4 Å². The Morgan fingerprint density at radius 3 is 3.00 bits per heavy atom. The van der Waals surface area contributed by atoms with Crippen molar-refractivity contribution in [1.82, 2.24) is 25.5 Å². The van der Waals surface area contributed by atoms with Crippen LogP contribution in [-0.4, -0.2) is 58.6 Å². The van der Waals surface area contributed by atoms with Gasteiger partial charge >= 0.3 is 0 Å². The standard InChI is InChI=1S/C19H23FN6O.2H2/c1-19(2,27-3)14-11-26(10-9-21-14)15-7-6-13(20)17(23-15)16-12-5-4-8-22-18(12)25-24-16;;/h4-8,14,21H,9-11H2,1-3H3,(H,22,24,25);2*1H. The monoisotopic (exact) mass is 374 g/mol. The number of halogens is 1. The maximum absolute atomic E-state index is 14.6. The van der Waals surface area contributed by atoms with E-state index in [0.717, 1.165) is 30.8 Å². The summed E-state index contributed by atoms with van der Waals surface area (Å²) in [6.45, 7) is 6.44. The zero-order valence-corrected chi connectivity index (χ0v) is 15.7. The van der Waals surface area contributed by atoms with Gasteiger partial charge in [-0.05, 0) is 38.1 Å². The lowest BCUT2D eigenvalue weighted by molar-refractivity contribution is -0.0108. The minimum atomic E-state index is -0.392. The van der Waals surface area contributed by atoms with Crippen molar-refractivity contribution in [2.45, 2.75) is 25.5 Å². The number of H-pyrrole nitrogens is 1. The number of piperazine rings is 1. The zero-order valence-electron chi connectivity index (χ0n) is 15.7. The first-order valence-electron chi connectivity index (χ1n) is 8.99. The van der Waals surface area contributed by atoms with Gasteiger partial charge in [-0.2, -0.15) is 5.10 Å². The molecule has 4 rings (SSSR count). The van der Waals surface area contributed by atoms with Gasteiger partial charge < -0.3 is 15.0 Å². The largest absolute Gasteiger partial charge is 0.377 e. The number of pyridine rings is 2. The van der Waals surface area contributed by atoms with E-state index in [1.807, 2.05) is 6.07 Å². The molecule has 1 atom stereocenters. The summed E-state index contributed by atoms with van der Waals surface area (Å²) in [5.74, 6) is 0.341. The summed E-state index contributed by atoms with van der Waals surface area (Å²) in [5, 5.41) is 11.3. The van der Waals surface area contributed by atoms with Gasteiger partial charge in [-0.15, -0.1) is 0 Å². The minimum absolute atomic E-state index is 0. The minimum Gasteiger partial charge on any atom is -0.377 e. The molecule has 8 heteroatoms. The molecule has 3 aromatic rings. The molecular formula is C19H27FN6O. The van der Waals surface area contributed by atoms with E-state index in [9.17, 15) is 4.39 Å². The molecule has 1 aliphatic heterocycles. The molecule has 3 aromatic heterocycles. The van der Waals surface area contributed by atoms with E-state index >= 15 is 0 Å². The summed E-state index contributed by atoms with van der Waals surface area (Å²) >= 11 is 0. The van der Waals surface area contributed by atoms with Crippen LogP contribution in [0.15, 0.2) is 30.5 Å². The van der Waals surface area contributed by atoms with Gasteiger partial charge in [-0.3, -0.25) is 5.10 Å². The second-order valence-electron chi connectivity index (χ2n) is 7.23. The quantitative estimate of drug-likeness (QED) is 0.731. The molecule has 1 fully saturated rings. The van der Waals surface area contributed by atoms with E-state index in [1.54, 1.807) is 25.4 Å². The molecule has 0 bridgehead atoms. The summed E-state index contributed by atoms with van der Waals surface area (Å²) in [7, 11) is 1.71. The maximum Gasteiger partial charge on any atom is 0.181 e. The number of nitrogens with one attached hydrogen (secondary N) is 2. The van der Waals surface area contributed by atoms with Crippen LogP contribution in [0.3, 0.4) is 0 Å². The molecule has 0 radical (unpaired) electrons. The van der Waals surface area contributed by atoms with Crippen LogP contribution in [0.2, 0.25) is 0 Å². The number of aromatic nitrogens is 4. The summed E-state index contributed by atoms with van der Waals surface area (Å²) in [4.78, 5) is 11.0. The normalized spacial score (nSPS) is 18.2. The number of nitrogens with zero attached hydrogens (tertiary/aromatic N) is 4. The molecule has 1 aliphatic rings. The molecular weight excluding hydrogens is 347 g/mol. The van der Waals surface area contributed by atoms with Gasteiger partial charge in [0.15, 0.2) is 11.5 Å². The average Bonchev–Trinajstić information content (AvgIpc) is 3.12. The van der Waals surface area contributed by atoms with Crippen LogP contribution < -0.4 is 10.2 Å². The van der Waals surface area contributed by atoms with Crippen LogP contribution in [0.5, 0.6) is 0 Å². The first-order chi connectivity index (χ1) is 13.0. The van der Waals surface area contributed by atoms with Crippen molar-refractivity contribution in [2.75, 3.05) is 31.6 Å². The Bertz CT molecular complexity index is 967. The average molecular weight is 374 g/mol. The highest BCUT2D eigenvalue weighted by Gasteiger charge is 2.33. The lowest BCUT2D eigenvalue weighted by atomic mass is 9.96. The molecule has 7 nitrogen and oxygen atoms in total. The molecule has 0 aromatic carbocycles. The topological polar surface area (TPSA) is 79.0 Å². The van der Waals surface area contributed by atoms with E-state index in [4.69, 9.17) is 4.74 Å². The van der Waals surface area contributed by atoms with Gasteiger partial charge in [0.05, 0.1) is 17.3 Å². The highest BCUT2D eigenvalue weighted by molar-refractivity contribution is 5.89. The highest BCUT2D eigenvalue weighted by Crippen LogP contribution is 2.28. The van der Waals surface area contributed by atoms with Gasteiger partial charge in [0.25, 0.3) is 0 Å². The molecule has 0 aliphatic carbocycles. The van der Waals surface area contributed by atoms with Gasteiger partial charge in [-0.1, -0.05) is 0 Å². The van der Waals surface area contributed by atoms with Crippen molar-refractivity contribution in [2.24, 2.45) is 0 Å². The number of rotatable bonds is 4. The van der Waals surface area contributed by atoms with Crippen molar-refractivity contribution in [3.05, 3.63) is 36.3 Å². The highest BCUT2D eigenvalue weighted by atomic mass is 19.1. The van der Waals surface area contributed by atoms with Crippen LogP contribution in [0, 0.1) is 5.82 Å². The smallest absolute Gasteiger partial charge is 0.181 e. The first-order valence-corrected chi connectivity index (χ1v) is 8.99. The van der Waals surface area contributed by atoms with Gasteiger partial charge in [-0.25, -0.2) is 14.4 Å². The fourth-order valence-electron chi connectivity index (χ4n) is 3.38. The Morgan fingerprint density at radius 1 is 1.33 bits per heavy atom. The van der Waals surface area contributed by atoms with Crippen molar-refractivity contribution < 1.29 is 12.0 Å². The lowest BCUT2D eigenvalue weighted by Gasteiger charge is -2.41. The number of ether oxygens (including phenoxy) is 1. The third-order valence-corrected chi connectivity index (χ3v) is 5.26. The molecule has 0 amide bonds. The van der Waals surface area contributed by atoms with Crippen molar-refractivity contribution >= 4 is 16.9 Å². The van der Waals surface area contributed by atoms with E-state index in [2.05, 4.69) is 44.2 Å². The second kappa shape index (κ2) is 6.86. The van der Waals surface area contributed by atoms with Crippen molar-refractivity contribution in [3.63, 3.8) is 0 Å². The van der Waals surface area contributed by atoms with Crippen molar-refractivity contribution in [3.8, 4) is 11.4 Å². The summed E-state index contributed by atoms with van der Waals surface area (Å²) < 4.78 is 20.2. The van der Waals surface area contributed by atoms with Crippen molar-refractivity contribution in [1.29, 1.82) is 0 Å². The predicted molar refractivity (Wildman–Crippen MR) is 106 cm³/mol. The van der Waals surface area contributed by atoms with E-state index in [1.165, 1.54) is 6.07 Å². The van der Waals surface area contributed by atoms with E-state index in [-0.39, 0.29) is 20.2 Å². The first kappa shape index (κ1) is 17.8. The summed E-state index contributed by atoms with van der Waals surface area (Å²) in [6.07, 6.45) is 1.66. The molecule has 0 spiro atoms. The number of hydrogen-bond acceptors (Lipinski definition) is 6. The Morgan fingerprint density at radius 2 is 2.19 bits per heavy atom. The molecule has 1 unspecified atom stereocenters. The number of aromatic amines is 1. The van der Waals surface area contributed by atoms with Crippen LogP contribution >= 0.6 is 0 Å². The third kappa shape index (κ3) is 3.26. The molecule has 27 heavy (non-hydrogen) atoms. The molecule has 0 saturated carbocycles. The number of hydrogen-bond donors (Lipinski definition) is 2. The third-order valence-electron chi connectivity index (χ3n) is 5.26. The number of anilines is 1. The van der Waals surface area contributed by atoms with Crippen LogP contribution in [0.1, 0.15) is 16.7 Å². The number of methoxy groups -OCH3 is 1. The molecule has 4 heterocycles. The van der Waals surface area contributed by atoms with Gasteiger partial charge in [0.1, 0.15) is 11.5 Å². The van der Waals surface area contributed by atoms with Crippen LogP contribution in [-0.2, 0) is 4.74 Å². The zero-order chi connectivity index (χ0) is 19.0. The fraction of sp³-hybridized carbons (Fsp3) is 0.421. The lowest BCUT2D eigenvalue weighted by Crippen LogP contribution is -2.60.